The number of carbonyl (C=O) groups is 1. The van der Waals surface area contributed by atoms with Crippen LogP contribution in [0.4, 0.5) is 5.82 Å². The first kappa shape index (κ1) is 18.1. The number of pyridine rings is 1. The number of H-pyrrole nitrogens is 1. The molecule has 0 fully saturated rings. The molecule has 140 valence electrons. The lowest BCUT2D eigenvalue weighted by atomic mass is 10.2. The molecule has 0 aliphatic heterocycles. The third-order valence-electron chi connectivity index (χ3n) is 4.23. The van der Waals surface area contributed by atoms with Gasteiger partial charge in [0.15, 0.2) is 5.65 Å². The molecular weight excluding hydrogens is 372 g/mol. The Bertz CT molecular complexity index is 1190. The number of benzene rings is 1. The van der Waals surface area contributed by atoms with Gasteiger partial charge in [0.25, 0.3) is 5.82 Å². The maximum atomic E-state index is 12.2. The van der Waals surface area contributed by atoms with Gasteiger partial charge in [0.1, 0.15) is 11.3 Å². The number of nitrogens with zero attached hydrogens (tertiary/aromatic N) is 4. The molecule has 0 saturated carbocycles. The first-order valence-corrected chi connectivity index (χ1v) is 9.78. The van der Waals surface area contributed by atoms with Crippen LogP contribution in [0.1, 0.15) is 5.56 Å². The number of hydrogen-bond acceptors (Lipinski definition) is 5. The number of hydrogen-bond donors (Lipinski definition) is 1. The maximum absolute atomic E-state index is 12.2. The zero-order chi connectivity index (χ0) is 19.5. The Morgan fingerprint density at radius 3 is 3.00 bits per heavy atom. The number of aryl methyl sites for hydroxylation is 1. The Kier molecular flexibility index (Phi) is 5.03. The van der Waals surface area contributed by atoms with Crippen molar-refractivity contribution in [3.05, 3.63) is 60.8 Å². The van der Waals surface area contributed by atoms with E-state index in [0.29, 0.717) is 17.5 Å². The minimum absolute atomic E-state index is 0.137. The molecule has 3 heterocycles. The number of para-hydroxylation sites is 1. The van der Waals surface area contributed by atoms with Crippen molar-refractivity contribution in [2.75, 3.05) is 11.1 Å². The number of thioether (sulfide) groups is 1. The fourth-order valence-corrected chi connectivity index (χ4v) is 3.62. The van der Waals surface area contributed by atoms with Gasteiger partial charge in [0.05, 0.1) is 11.7 Å². The minimum atomic E-state index is -0.137. The third-order valence-corrected chi connectivity index (χ3v) is 5.07. The quantitative estimate of drug-likeness (QED) is 0.403. The van der Waals surface area contributed by atoms with Crippen LogP contribution >= 0.6 is 11.8 Å². The Morgan fingerprint density at radius 2 is 2.18 bits per heavy atom. The van der Waals surface area contributed by atoms with Crippen LogP contribution in [0.15, 0.2) is 60.4 Å². The molecule has 0 saturated heterocycles. The summed E-state index contributed by atoms with van der Waals surface area (Å²) in [5.41, 5.74) is 3.59. The van der Waals surface area contributed by atoms with Gasteiger partial charge in [0, 0.05) is 18.0 Å². The number of amides is 1. The second kappa shape index (κ2) is 7.77. The summed E-state index contributed by atoms with van der Waals surface area (Å²) in [5, 5.41) is 12.9. The van der Waals surface area contributed by atoms with Crippen LogP contribution in [0.25, 0.3) is 22.1 Å². The lowest BCUT2D eigenvalue weighted by Gasteiger charge is -2.03. The van der Waals surface area contributed by atoms with Crippen LogP contribution < -0.4 is 10.3 Å². The first-order valence-electron chi connectivity index (χ1n) is 8.79. The van der Waals surface area contributed by atoms with Crippen molar-refractivity contribution < 1.29 is 9.78 Å². The summed E-state index contributed by atoms with van der Waals surface area (Å²) in [6, 6.07) is 11.8. The van der Waals surface area contributed by atoms with Crippen LogP contribution in [-0.2, 0) is 11.3 Å². The molecule has 0 bridgehead atoms. The number of anilines is 1. The van der Waals surface area contributed by atoms with Crippen LogP contribution in [0.3, 0.4) is 0 Å². The second-order valence-electron chi connectivity index (χ2n) is 6.30. The molecule has 2 N–H and O–H groups in total. The van der Waals surface area contributed by atoms with Crippen molar-refractivity contribution >= 4 is 45.6 Å². The van der Waals surface area contributed by atoms with E-state index < -0.39 is 0 Å². The molecule has 7 nitrogen and oxygen atoms in total. The molecule has 3 aromatic heterocycles. The highest BCUT2D eigenvalue weighted by molar-refractivity contribution is 7.99. The van der Waals surface area contributed by atoms with Gasteiger partial charge in [-0.3, -0.25) is 0 Å². The van der Waals surface area contributed by atoms with E-state index in [-0.39, 0.29) is 11.7 Å². The number of nitrogens with one attached hydrogen (secondary N) is 2. The molecule has 0 aliphatic rings. The van der Waals surface area contributed by atoms with Crippen molar-refractivity contribution in [1.82, 2.24) is 19.7 Å². The zero-order valence-corrected chi connectivity index (χ0v) is 16.2. The Hall–Kier alpha value is -3.26. The van der Waals surface area contributed by atoms with E-state index in [0.717, 1.165) is 27.6 Å². The molecule has 0 atom stereocenters. The number of carbonyl (C=O) groups excluding carboxylic acids is 1. The summed E-state index contributed by atoms with van der Waals surface area (Å²) in [7, 11) is 0. The minimum Gasteiger partial charge on any atom is -0.320 e. The second-order valence-corrected chi connectivity index (χ2v) is 7.24. The molecule has 0 spiro atoms. The average molecular weight is 391 g/mol. The van der Waals surface area contributed by atoms with E-state index >= 15 is 0 Å². The highest BCUT2D eigenvalue weighted by Gasteiger charge is 2.16. The summed E-state index contributed by atoms with van der Waals surface area (Å²) in [5.74, 6) is 0.713. The van der Waals surface area contributed by atoms with Crippen molar-refractivity contribution in [1.29, 1.82) is 0 Å². The monoisotopic (exact) mass is 391 g/mol. The lowest BCUT2D eigenvalue weighted by Crippen LogP contribution is -2.20. The molecular formula is C20H19N6OS+. The maximum Gasteiger partial charge on any atom is 0.317 e. The molecule has 8 heteroatoms. The largest absolute Gasteiger partial charge is 0.320 e. The van der Waals surface area contributed by atoms with Gasteiger partial charge in [-0.15, -0.1) is 16.8 Å². The molecule has 1 aromatic carbocycles. The van der Waals surface area contributed by atoms with E-state index in [9.17, 15) is 4.79 Å². The van der Waals surface area contributed by atoms with Gasteiger partial charge in [-0.2, -0.15) is 0 Å². The van der Waals surface area contributed by atoms with E-state index in [2.05, 4.69) is 36.6 Å². The zero-order valence-electron chi connectivity index (χ0n) is 15.3. The molecule has 0 aliphatic carbocycles. The van der Waals surface area contributed by atoms with Crippen molar-refractivity contribution in [3.8, 4) is 0 Å². The molecule has 0 radical (unpaired) electrons. The predicted molar refractivity (Wildman–Crippen MR) is 110 cm³/mol. The Balaban J connectivity index is 1.56. The molecule has 0 unspecified atom stereocenters. The van der Waals surface area contributed by atoms with Crippen LogP contribution in [0.5, 0.6) is 0 Å². The fraction of sp³-hybridized carbons (Fsp3) is 0.150. The van der Waals surface area contributed by atoms with Crippen LogP contribution in [0.2, 0.25) is 0 Å². The number of allylic oxidation sites excluding steroid dienone is 1. The van der Waals surface area contributed by atoms with Crippen LogP contribution in [-0.4, -0.2) is 31.4 Å². The highest BCUT2D eigenvalue weighted by Crippen LogP contribution is 2.27. The Morgan fingerprint density at radius 1 is 1.32 bits per heavy atom. The Labute approximate surface area is 165 Å². The molecule has 4 aromatic rings. The smallest absolute Gasteiger partial charge is 0.317 e. The standard InChI is InChI=1S/C20H18N6OS/c1-3-10-26-15-7-5-4-6-14(15)18-19(26)23-20(25-24-18)28-12-17(27)22-16-11-13(2)8-9-21-16/h3-9,11H,1,10,12H2,2H3,(H,21,22,27)/p+1. The van der Waals surface area contributed by atoms with Crippen molar-refractivity contribution in [3.63, 3.8) is 0 Å². The predicted octanol–water partition coefficient (Wildman–Crippen LogP) is 3.02. The first-order chi connectivity index (χ1) is 13.7. The highest BCUT2D eigenvalue weighted by atomic mass is 32.2. The van der Waals surface area contributed by atoms with Gasteiger partial charge in [-0.25, -0.2) is 20.1 Å². The van der Waals surface area contributed by atoms with Crippen molar-refractivity contribution in [2.45, 2.75) is 18.6 Å². The van der Waals surface area contributed by atoms with E-state index in [1.807, 2.05) is 49.4 Å². The van der Waals surface area contributed by atoms with E-state index in [1.54, 1.807) is 6.20 Å². The topological polar surface area (TPSA) is 86.8 Å². The van der Waals surface area contributed by atoms with E-state index in [1.165, 1.54) is 11.8 Å². The van der Waals surface area contributed by atoms with Gasteiger partial charge >= 0.3 is 5.91 Å². The third kappa shape index (κ3) is 3.59. The SMILES string of the molecule is C=CCn1c2ccccc2c2nnc(SCC(=O)Nc3cc(C)cc[nH+]3)nc21. The molecule has 4 rings (SSSR count). The summed E-state index contributed by atoms with van der Waals surface area (Å²) in [6.07, 6.45) is 3.62. The van der Waals surface area contributed by atoms with Gasteiger partial charge < -0.3 is 4.57 Å². The average Bonchev–Trinajstić information content (AvgIpc) is 3.00. The number of aromatic nitrogens is 5. The summed E-state index contributed by atoms with van der Waals surface area (Å²) in [4.78, 5) is 19.9. The van der Waals surface area contributed by atoms with Gasteiger partial charge in [0.2, 0.25) is 5.16 Å². The number of fused-ring (bicyclic) bond motifs is 3. The lowest BCUT2D eigenvalue weighted by molar-refractivity contribution is -0.360. The van der Waals surface area contributed by atoms with Crippen molar-refractivity contribution in [2.24, 2.45) is 0 Å². The number of rotatable bonds is 6. The molecule has 28 heavy (non-hydrogen) atoms. The van der Waals surface area contributed by atoms with Gasteiger partial charge in [-0.1, -0.05) is 36.0 Å². The molecule has 1 amide bonds. The van der Waals surface area contributed by atoms with Gasteiger partial charge in [-0.05, 0) is 24.6 Å². The summed E-state index contributed by atoms with van der Waals surface area (Å²) in [6.45, 7) is 6.42. The fourth-order valence-electron chi connectivity index (χ4n) is 3.03. The van der Waals surface area contributed by atoms with E-state index in [4.69, 9.17) is 0 Å². The normalized spacial score (nSPS) is 11.0. The van der Waals surface area contributed by atoms with Crippen LogP contribution in [0, 0.1) is 6.92 Å². The summed E-state index contributed by atoms with van der Waals surface area (Å²) < 4.78 is 2.05. The number of aromatic amines is 1. The summed E-state index contributed by atoms with van der Waals surface area (Å²) >= 11 is 1.25.